The molecule has 2 aliphatic rings. The average molecular weight is 414 g/mol. The number of aromatic nitrogens is 2. The molecule has 8 heteroatoms. The largest absolute Gasteiger partial charge is 0.378 e. The van der Waals surface area contributed by atoms with Crippen molar-refractivity contribution in [3.63, 3.8) is 0 Å². The maximum absolute atomic E-state index is 13.4. The Hall–Kier alpha value is -2.48. The molecule has 2 fully saturated rings. The standard InChI is InChI=1S/C21H27N5O2S/c1-25(2)16-9-7-14(8-10-16)19(20(27)22-15-5-3-4-6-15)26(17-11-12-17)21(28)18-13-29-24-23-18/h7-10,13,15,17,19H,3-6,11-12H2,1-2H3,(H,22,27)/t19-/m1/s1. The monoisotopic (exact) mass is 413 g/mol. The molecule has 1 N–H and O–H groups in total. The molecule has 154 valence electrons. The Kier molecular flexibility index (Phi) is 5.80. The first-order chi connectivity index (χ1) is 14.0. The number of hydrogen-bond donors (Lipinski definition) is 1. The van der Waals surface area contributed by atoms with Gasteiger partial charge in [0, 0.05) is 37.2 Å². The fraction of sp³-hybridized carbons (Fsp3) is 0.524. The number of anilines is 1. The van der Waals surface area contributed by atoms with Crippen LogP contribution in [0.3, 0.4) is 0 Å². The minimum absolute atomic E-state index is 0.0667. The number of carbonyl (C=O) groups excluding carboxylic acids is 2. The number of benzene rings is 1. The molecule has 1 aromatic heterocycles. The summed E-state index contributed by atoms with van der Waals surface area (Å²) in [6.07, 6.45) is 6.11. The first-order valence-corrected chi connectivity index (χ1v) is 11.1. The summed E-state index contributed by atoms with van der Waals surface area (Å²) in [5, 5.41) is 8.82. The number of nitrogens with zero attached hydrogens (tertiary/aromatic N) is 4. The zero-order chi connectivity index (χ0) is 20.4. The minimum Gasteiger partial charge on any atom is -0.378 e. The van der Waals surface area contributed by atoms with Gasteiger partial charge in [0.2, 0.25) is 5.91 Å². The van der Waals surface area contributed by atoms with Gasteiger partial charge in [-0.2, -0.15) is 0 Å². The number of rotatable bonds is 7. The van der Waals surface area contributed by atoms with Crippen molar-refractivity contribution < 1.29 is 9.59 Å². The predicted molar refractivity (Wildman–Crippen MR) is 113 cm³/mol. The van der Waals surface area contributed by atoms with E-state index < -0.39 is 6.04 Å². The molecule has 1 atom stereocenters. The first kappa shape index (κ1) is 19.8. The molecule has 2 aliphatic carbocycles. The van der Waals surface area contributed by atoms with E-state index in [4.69, 9.17) is 0 Å². The van der Waals surface area contributed by atoms with E-state index in [0.29, 0.717) is 5.69 Å². The van der Waals surface area contributed by atoms with Crippen LogP contribution in [0.5, 0.6) is 0 Å². The summed E-state index contributed by atoms with van der Waals surface area (Å²) in [5.74, 6) is -0.317. The van der Waals surface area contributed by atoms with Crippen molar-refractivity contribution in [3.8, 4) is 0 Å². The second-order valence-electron chi connectivity index (χ2n) is 8.11. The van der Waals surface area contributed by atoms with Crippen LogP contribution in [0.15, 0.2) is 29.6 Å². The molecule has 2 amide bonds. The van der Waals surface area contributed by atoms with Crippen LogP contribution in [-0.2, 0) is 4.79 Å². The van der Waals surface area contributed by atoms with E-state index in [1.807, 2.05) is 43.3 Å². The summed E-state index contributed by atoms with van der Waals surface area (Å²) >= 11 is 1.15. The van der Waals surface area contributed by atoms with Gasteiger partial charge in [-0.1, -0.05) is 29.5 Å². The fourth-order valence-corrected chi connectivity index (χ4v) is 4.41. The van der Waals surface area contributed by atoms with E-state index in [9.17, 15) is 9.59 Å². The molecule has 1 aromatic carbocycles. The second-order valence-corrected chi connectivity index (χ2v) is 8.72. The van der Waals surface area contributed by atoms with Crippen LogP contribution >= 0.6 is 11.5 Å². The van der Waals surface area contributed by atoms with Crippen LogP contribution in [0.2, 0.25) is 0 Å². The maximum Gasteiger partial charge on any atom is 0.276 e. The van der Waals surface area contributed by atoms with Crippen LogP contribution in [0.25, 0.3) is 0 Å². The Morgan fingerprint density at radius 2 is 1.79 bits per heavy atom. The lowest BCUT2D eigenvalue weighted by molar-refractivity contribution is -0.126. The number of nitrogens with one attached hydrogen (secondary N) is 1. The van der Waals surface area contributed by atoms with E-state index in [-0.39, 0.29) is 23.9 Å². The zero-order valence-corrected chi connectivity index (χ0v) is 17.7. The molecule has 29 heavy (non-hydrogen) atoms. The maximum atomic E-state index is 13.4. The molecule has 0 aliphatic heterocycles. The van der Waals surface area contributed by atoms with Crippen molar-refractivity contribution in [2.24, 2.45) is 0 Å². The minimum atomic E-state index is -0.659. The van der Waals surface area contributed by atoms with Gasteiger partial charge in [-0.05, 0) is 54.9 Å². The molecule has 0 radical (unpaired) electrons. The molecule has 0 unspecified atom stereocenters. The highest BCUT2D eigenvalue weighted by atomic mass is 32.1. The van der Waals surface area contributed by atoms with Gasteiger partial charge in [0.05, 0.1) is 0 Å². The van der Waals surface area contributed by atoms with Crippen LogP contribution in [0.1, 0.15) is 60.6 Å². The van der Waals surface area contributed by atoms with E-state index >= 15 is 0 Å². The smallest absolute Gasteiger partial charge is 0.276 e. The third-order valence-electron chi connectivity index (χ3n) is 5.71. The number of amides is 2. The van der Waals surface area contributed by atoms with Gasteiger partial charge in [-0.3, -0.25) is 9.59 Å². The molecule has 1 heterocycles. The average Bonchev–Trinajstić information content (AvgIpc) is 3.17. The summed E-state index contributed by atoms with van der Waals surface area (Å²) in [6.45, 7) is 0. The molecule has 7 nitrogen and oxygen atoms in total. The molecule has 0 spiro atoms. The van der Waals surface area contributed by atoms with Gasteiger partial charge in [-0.25, -0.2) is 0 Å². The lowest BCUT2D eigenvalue weighted by Gasteiger charge is -2.32. The van der Waals surface area contributed by atoms with E-state index in [0.717, 1.165) is 61.3 Å². The Morgan fingerprint density at radius 1 is 1.10 bits per heavy atom. The van der Waals surface area contributed by atoms with Crippen LogP contribution in [-0.4, -0.2) is 52.5 Å². The van der Waals surface area contributed by atoms with Gasteiger partial charge in [-0.15, -0.1) is 5.10 Å². The summed E-state index contributed by atoms with van der Waals surface area (Å²) < 4.78 is 3.83. The van der Waals surface area contributed by atoms with Crippen molar-refractivity contribution in [1.29, 1.82) is 0 Å². The van der Waals surface area contributed by atoms with Crippen LogP contribution in [0.4, 0.5) is 5.69 Å². The molecule has 4 rings (SSSR count). The molecule has 0 saturated heterocycles. The second kappa shape index (κ2) is 8.49. The highest BCUT2D eigenvalue weighted by Gasteiger charge is 2.42. The highest BCUT2D eigenvalue weighted by Crippen LogP contribution is 2.37. The first-order valence-electron chi connectivity index (χ1n) is 10.2. The van der Waals surface area contributed by atoms with Gasteiger partial charge >= 0.3 is 0 Å². The highest BCUT2D eigenvalue weighted by molar-refractivity contribution is 7.03. The third kappa shape index (κ3) is 4.42. The molecule has 2 saturated carbocycles. The number of carbonyl (C=O) groups is 2. The van der Waals surface area contributed by atoms with Gasteiger partial charge in [0.1, 0.15) is 6.04 Å². The van der Waals surface area contributed by atoms with Gasteiger partial charge in [0.15, 0.2) is 5.69 Å². The molecule has 0 bridgehead atoms. The van der Waals surface area contributed by atoms with Crippen molar-refractivity contribution in [1.82, 2.24) is 19.8 Å². The quantitative estimate of drug-likeness (QED) is 0.755. The van der Waals surface area contributed by atoms with Crippen LogP contribution in [0, 0.1) is 0 Å². The van der Waals surface area contributed by atoms with Crippen LogP contribution < -0.4 is 10.2 Å². The van der Waals surface area contributed by atoms with Crippen molar-refractivity contribution >= 4 is 29.0 Å². The van der Waals surface area contributed by atoms with Crippen molar-refractivity contribution in [2.45, 2.75) is 56.7 Å². The van der Waals surface area contributed by atoms with E-state index in [2.05, 4.69) is 14.9 Å². The summed E-state index contributed by atoms with van der Waals surface area (Å²) in [5.41, 5.74) is 2.19. The molecular weight excluding hydrogens is 386 g/mol. The fourth-order valence-electron chi connectivity index (χ4n) is 3.98. The lowest BCUT2D eigenvalue weighted by atomic mass is 10.0. The third-order valence-corrected chi connectivity index (χ3v) is 6.21. The Labute approximate surface area is 175 Å². The van der Waals surface area contributed by atoms with Gasteiger partial charge in [0.25, 0.3) is 5.91 Å². The van der Waals surface area contributed by atoms with E-state index in [1.54, 1.807) is 10.3 Å². The Balaban J connectivity index is 1.67. The molecular formula is C21H27N5O2S. The van der Waals surface area contributed by atoms with Gasteiger partial charge < -0.3 is 15.1 Å². The Morgan fingerprint density at radius 3 is 2.34 bits per heavy atom. The summed E-state index contributed by atoms with van der Waals surface area (Å²) in [7, 11) is 3.96. The number of hydrogen-bond acceptors (Lipinski definition) is 6. The van der Waals surface area contributed by atoms with Crippen molar-refractivity contribution in [2.75, 3.05) is 19.0 Å². The van der Waals surface area contributed by atoms with E-state index in [1.165, 1.54) is 0 Å². The normalized spacial score (nSPS) is 17.7. The molecule has 2 aromatic rings. The SMILES string of the molecule is CN(C)c1ccc([C@H](C(=O)NC2CCCC2)N(C(=O)c2csnn2)C2CC2)cc1. The Bertz CT molecular complexity index is 842. The predicted octanol–water partition coefficient (Wildman–Crippen LogP) is 3.01. The summed E-state index contributed by atoms with van der Waals surface area (Å²) in [6, 6.07) is 7.50. The summed E-state index contributed by atoms with van der Waals surface area (Å²) in [4.78, 5) is 30.4. The zero-order valence-electron chi connectivity index (χ0n) is 16.9. The lowest BCUT2D eigenvalue weighted by Crippen LogP contribution is -2.47. The van der Waals surface area contributed by atoms with Crippen molar-refractivity contribution in [3.05, 3.63) is 40.9 Å². The topological polar surface area (TPSA) is 78.4 Å².